The van der Waals surface area contributed by atoms with Gasteiger partial charge in [-0.2, -0.15) is 9.49 Å². The number of amidine groups is 1. The number of hydrogen-bond acceptors (Lipinski definition) is 5. The van der Waals surface area contributed by atoms with E-state index in [1.165, 1.54) is 6.20 Å². The second-order valence-corrected chi connectivity index (χ2v) is 8.82. The summed E-state index contributed by atoms with van der Waals surface area (Å²) in [6.07, 6.45) is 1.44. The third kappa shape index (κ3) is 3.52. The second kappa shape index (κ2) is 7.27. The molecular formula is C22H23BFN7. The van der Waals surface area contributed by atoms with Crippen LogP contribution in [0.2, 0.25) is 0 Å². The molecule has 31 heavy (non-hydrogen) atoms. The van der Waals surface area contributed by atoms with Crippen LogP contribution in [0.1, 0.15) is 12.5 Å². The van der Waals surface area contributed by atoms with E-state index >= 15 is 0 Å². The minimum atomic E-state index is -0.488. The Morgan fingerprint density at radius 3 is 2.55 bits per heavy atom. The SMILES string of the molecule is [B]c1cc(-c2cn[nH]c2F)ccc1-c1cc(C)c(N=C(C)N2CC3(CN(C)C3)C2)nn1. The highest BCUT2D eigenvalue weighted by Crippen LogP contribution is 2.39. The van der Waals surface area contributed by atoms with Crippen LogP contribution in [-0.2, 0) is 0 Å². The van der Waals surface area contributed by atoms with Crippen LogP contribution < -0.4 is 5.46 Å². The normalized spacial score (nSPS) is 18.2. The smallest absolute Gasteiger partial charge is 0.216 e. The third-order valence-electron chi connectivity index (χ3n) is 6.18. The highest BCUT2D eigenvalue weighted by molar-refractivity contribution is 6.36. The van der Waals surface area contributed by atoms with E-state index in [0.29, 0.717) is 33.5 Å². The van der Waals surface area contributed by atoms with Crippen LogP contribution in [0.15, 0.2) is 35.5 Å². The standard InChI is InChI=1S/C22H23BFN7/c1-13-6-19(16-5-4-15(7-18(16)23)17-8-25-28-20(17)24)27-29-21(13)26-14(2)31-11-22(12-31)9-30(3)10-22/h4-8H,9-12H2,1-3H3,(H,25,28). The van der Waals surface area contributed by atoms with Gasteiger partial charge in [0.15, 0.2) is 5.82 Å². The first-order valence-corrected chi connectivity index (χ1v) is 10.3. The highest BCUT2D eigenvalue weighted by atomic mass is 19.1. The molecule has 0 amide bonds. The lowest BCUT2D eigenvalue weighted by atomic mass is 9.73. The molecule has 5 rings (SSSR count). The number of nitrogens with one attached hydrogen (secondary N) is 1. The summed E-state index contributed by atoms with van der Waals surface area (Å²) < 4.78 is 13.8. The number of rotatable bonds is 3. The fourth-order valence-electron chi connectivity index (χ4n) is 4.67. The maximum atomic E-state index is 13.8. The zero-order chi connectivity index (χ0) is 21.8. The van der Waals surface area contributed by atoms with Crippen molar-refractivity contribution >= 4 is 25.0 Å². The first kappa shape index (κ1) is 19.9. The van der Waals surface area contributed by atoms with Crippen LogP contribution in [0, 0.1) is 18.3 Å². The molecule has 9 heteroatoms. The molecule has 0 atom stereocenters. The van der Waals surface area contributed by atoms with Crippen LogP contribution in [0.25, 0.3) is 22.4 Å². The van der Waals surface area contributed by atoms with Gasteiger partial charge in [-0.05, 0) is 43.7 Å². The Balaban J connectivity index is 1.34. The molecule has 2 radical (unpaired) electrons. The number of halogens is 1. The van der Waals surface area contributed by atoms with Crippen LogP contribution in [0.4, 0.5) is 10.2 Å². The van der Waals surface area contributed by atoms with Crippen molar-refractivity contribution in [2.45, 2.75) is 13.8 Å². The van der Waals surface area contributed by atoms with Gasteiger partial charge in [-0.25, -0.2) is 4.99 Å². The summed E-state index contributed by atoms with van der Waals surface area (Å²) >= 11 is 0. The molecule has 1 aromatic carbocycles. The quantitative estimate of drug-likeness (QED) is 0.403. The van der Waals surface area contributed by atoms with Crippen LogP contribution in [-0.4, -0.2) is 77.1 Å². The molecule has 1 N–H and O–H groups in total. The van der Waals surface area contributed by atoms with Crippen molar-refractivity contribution in [3.05, 3.63) is 42.0 Å². The monoisotopic (exact) mass is 415 g/mol. The first-order chi connectivity index (χ1) is 14.8. The number of likely N-dealkylation sites (tertiary alicyclic amines) is 2. The van der Waals surface area contributed by atoms with Gasteiger partial charge in [-0.1, -0.05) is 23.7 Å². The number of aromatic amines is 1. The largest absolute Gasteiger partial charge is 0.359 e. The van der Waals surface area contributed by atoms with Crippen molar-refractivity contribution in [1.29, 1.82) is 0 Å². The van der Waals surface area contributed by atoms with Gasteiger partial charge in [0.05, 0.1) is 17.5 Å². The zero-order valence-corrected chi connectivity index (χ0v) is 17.9. The van der Waals surface area contributed by atoms with Crippen molar-refractivity contribution in [2.24, 2.45) is 10.4 Å². The van der Waals surface area contributed by atoms with Crippen molar-refractivity contribution < 1.29 is 4.39 Å². The van der Waals surface area contributed by atoms with Gasteiger partial charge >= 0.3 is 0 Å². The lowest BCUT2D eigenvalue weighted by Crippen LogP contribution is -2.71. The van der Waals surface area contributed by atoms with Crippen molar-refractivity contribution in [3.8, 4) is 22.4 Å². The van der Waals surface area contributed by atoms with E-state index < -0.39 is 5.95 Å². The summed E-state index contributed by atoms with van der Waals surface area (Å²) in [5, 5.41) is 14.7. The van der Waals surface area contributed by atoms with Gasteiger partial charge in [0.1, 0.15) is 13.7 Å². The molecule has 3 aromatic rings. The summed E-state index contributed by atoms with van der Waals surface area (Å²) in [6, 6.07) is 7.27. The predicted molar refractivity (Wildman–Crippen MR) is 119 cm³/mol. The van der Waals surface area contributed by atoms with Crippen LogP contribution >= 0.6 is 0 Å². The number of aryl methyl sites for hydroxylation is 1. The number of aliphatic imine (C=N–C) groups is 1. The molecule has 2 aliphatic rings. The van der Waals surface area contributed by atoms with Gasteiger partial charge in [0, 0.05) is 31.6 Å². The van der Waals surface area contributed by atoms with E-state index in [2.05, 4.69) is 37.2 Å². The number of H-pyrrole nitrogens is 1. The Morgan fingerprint density at radius 1 is 1.16 bits per heavy atom. The Kier molecular flexibility index (Phi) is 4.66. The average Bonchev–Trinajstić information content (AvgIpc) is 3.11. The summed E-state index contributed by atoms with van der Waals surface area (Å²) in [4.78, 5) is 9.36. The predicted octanol–water partition coefficient (Wildman–Crippen LogP) is 2.07. The number of hydrogen-bond donors (Lipinski definition) is 1. The van der Waals surface area contributed by atoms with E-state index in [1.807, 2.05) is 26.0 Å². The van der Waals surface area contributed by atoms with E-state index in [4.69, 9.17) is 12.8 Å². The lowest BCUT2D eigenvalue weighted by molar-refractivity contribution is -0.0739. The lowest BCUT2D eigenvalue weighted by Gasteiger charge is -2.60. The summed E-state index contributed by atoms with van der Waals surface area (Å²) in [6.45, 7) is 8.43. The molecule has 0 saturated carbocycles. The van der Waals surface area contributed by atoms with Gasteiger partial charge < -0.3 is 9.80 Å². The number of aromatic nitrogens is 4. The maximum Gasteiger partial charge on any atom is 0.216 e. The molecule has 2 saturated heterocycles. The average molecular weight is 415 g/mol. The molecule has 4 heterocycles. The van der Waals surface area contributed by atoms with E-state index in [1.54, 1.807) is 12.1 Å². The molecule has 2 fully saturated rings. The van der Waals surface area contributed by atoms with Crippen LogP contribution in [0.5, 0.6) is 0 Å². The molecule has 0 unspecified atom stereocenters. The molecule has 2 aliphatic heterocycles. The highest BCUT2D eigenvalue weighted by Gasteiger charge is 2.50. The Bertz CT molecular complexity index is 1170. The van der Waals surface area contributed by atoms with E-state index in [0.717, 1.165) is 43.1 Å². The summed E-state index contributed by atoms with van der Waals surface area (Å²) in [5.74, 6) is 1.10. The summed E-state index contributed by atoms with van der Waals surface area (Å²) in [7, 11) is 8.40. The van der Waals surface area contributed by atoms with E-state index in [9.17, 15) is 4.39 Å². The number of nitrogens with zero attached hydrogens (tertiary/aromatic N) is 6. The minimum absolute atomic E-state index is 0.377. The van der Waals surface area contributed by atoms with E-state index in [-0.39, 0.29) is 0 Å². The maximum absolute atomic E-state index is 13.8. The Hall–Kier alpha value is -3.07. The van der Waals surface area contributed by atoms with Crippen molar-refractivity contribution in [3.63, 3.8) is 0 Å². The molecule has 0 aliphatic carbocycles. The first-order valence-electron chi connectivity index (χ1n) is 10.3. The Morgan fingerprint density at radius 2 is 1.94 bits per heavy atom. The third-order valence-corrected chi connectivity index (χ3v) is 6.18. The topological polar surface area (TPSA) is 73.3 Å². The van der Waals surface area contributed by atoms with Gasteiger partial charge in [-0.3, -0.25) is 5.10 Å². The zero-order valence-electron chi connectivity index (χ0n) is 17.9. The molecule has 0 bridgehead atoms. The molecular weight excluding hydrogens is 392 g/mol. The fourth-order valence-corrected chi connectivity index (χ4v) is 4.67. The number of benzene rings is 1. The summed E-state index contributed by atoms with van der Waals surface area (Å²) in [5.41, 5.74) is 4.31. The fraction of sp³-hybridized carbons (Fsp3) is 0.364. The second-order valence-electron chi connectivity index (χ2n) is 8.82. The van der Waals surface area contributed by atoms with Crippen LogP contribution in [0.3, 0.4) is 0 Å². The molecule has 1 spiro atoms. The molecule has 156 valence electrons. The Labute approximate surface area is 181 Å². The van der Waals surface area contributed by atoms with Gasteiger partial charge in [0.25, 0.3) is 0 Å². The van der Waals surface area contributed by atoms with Gasteiger partial charge in [0.2, 0.25) is 5.95 Å². The van der Waals surface area contributed by atoms with Crippen molar-refractivity contribution in [1.82, 2.24) is 30.2 Å². The molecule has 7 nitrogen and oxygen atoms in total. The van der Waals surface area contributed by atoms with Crippen molar-refractivity contribution in [2.75, 3.05) is 33.2 Å². The molecule has 2 aromatic heterocycles. The minimum Gasteiger partial charge on any atom is -0.359 e. The van der Waals surface area contributed by atoms with Gasteiger partial charge in [-0.15, -0.1) is 10.2 Å².